The molecule has 0 radical (unpaired) electrons. The van der Waals surface area contributed by atoms with Gasteiger partial charge in [0.2, 0.25) is 0 Å². The van der Waals surface area contributed by atoms with Crippen molar-refractivity contribution >= 4 is 11.4 Å². The van der Waals surface area contributed by atoms with Crippen molar-refractivity contribution in [2.24, 2.45) is 0 Å². The molecular weight excluding hydrogens is 288 g/mol. The van der Waals surface area contributed by atoms with E-state index in [-0.39, 0.29) is 11.4 Å². The second kappa shape index (κ2) is 7.21. The van der Waals surface area contributed by atoms with Gasteiger partial charge >= 0.3 is 0 Å². The molecule has 116 valence electrons. The normalized spacial score (nSPS) is 9.64. The van der Waals surface area contributed by atoms with Crippen molar-refractivity contribution in [1.29, 1.82) is 0 Å². The molecule has 0 saturated carbocycles. The van der Waals surface area contributed by atoms with Gasteiger partial charge in [-0.3, -0.25) is 30.2 Å². The third-order valence-corrected chi connectivity index (χ3v) is 2.91. The topological polar surface area (TPSA) is 112 Å². The number of rotatable bonds is 2. The van der Waals surface area contributed by atoms with Crippen molar-refractivity contribution < 1.29 is 9.85 Å². The van der Waals surface area contributed by atoms with Crippen molar-refractivity contribution in [3.63, 3.8) is 0 Å². The molecule has 0 spiro atoms. The molecule has 2 rings (SSSR count). The summed E-state index contributed by atoms with van der Waals surface area (Å²) in [7, 11) is 0. The van der Waals surface area contributed by atoms with Crippen molar-refractivity contribution in [2.45, 2.75) is 27.7 Å². The zero-order valence-corrected chi connectivity index (χ0v) is 12.7. The average Bonchev–Trinajstić information content (AvgIpc) is 2.38. The second-order valence-electron chi connectivity index (χ2n) is 4.69. The minimum Gasteiger partial charge on any atom is -0.258 e. The first kappa shape index (κ1) is 17.2. The van der Waals surface area contributed by atoms with Gasteiger partial charge in [0.05, 0.1) is 9.85 Å². The van der Waals surface area contributed by atoms with E-state index in [1.54, 1.807) is 46.0 Å². The third kappa shape index (κ3) is 4.30. The predicted octanol–water partition coefficient (Wildman–Crippen LogP) is 3.21. The number of aryl methyl sites for hydroxylation is 4. The highest BCUT2D eigenvalue weighted by Gasteiger charge is 2.13. The Bertz CT molecular complexity index is 696. The van der Waals surface area contributed by atoms with E-state index in [0.717, 1.165) is 5.69 Å². The molecule has 0 atom stereocenters. The molecule has 2 heterocycles. The molecule has 8 nitrogen and oxygen atoms in total. The molecule has 0 bridgehead atoms. The van der Waals surface area contributed by atoms with E-state index in [1.807, 2.05) is 0 Å². The molecule has 22 heavy (non-hydrogen) atoms. The quantitative estimate of drug-likeness (QED) is 0.622. The van der Waals surface area contributed by atoms with E-state index < -0.39 is 9.85 Å². The number of hydrogen-bond acceptors (Lipinski definition) is 6. The van der Waals surface area contributed by atoms with Crippen LogP contribution >= 0.6 is 0 Å². The largest absolute Gasteiger partial charge is 0.293 e. The Hall–Kier alpha value is -2.90. The van der Waals surface area contributed by atoms with Gasteiger partial charge in [0, 0.05) is 23.0 Å². The standard InChI is InChI=1S/2C7H8N2O2/c1-5-3-6(2)8-4-7(5)9(10)11;1-5-3-4-8-6(2)7(5)9(10)11/h2*3-4H,1-2H3. The van der Waals surface area contributed by atoms with Gasteiger partial charge in [-0.25, -0.2) is 0 Å². The summed E-state index contributed by atoms with van der Waals surface area (Å²) in [6.07, 6.45) is 2.85. The molecule has 0 N–H and O–H groups in total. The van der Waals surface area contributed by atoms with Gasteiger partial charge < -0.3 is 0 Å². The summed E-state index contributed by atoms with van der Waals surface area (Å²) in [5.41, 5.74) is 2.77. The molecule has 2 aromatic heterocycles. The Morgan fingerprint density at radius 3 is 2.00 bits per heavy atom. The fraction of sp³-hybridized carbons (Fsp3) is 0.286. The fourth-order valence-electron chi connectivity index (χ4n) is 1.84. The summed E-state index contributed by atoms with van der Waals surface area (Å²) in [4.78, 5) is 27.5. The summed E-state index contributed by atoms with van der Waals surface area (Å²) in [5, 5.41) is 20.7. The lowest BCUT2D eigenvalue weighted by molar-refractivity contribution is -0.386. The highest BCUT2D eigenvalue weighted by atomic mass is 16.6. The fourth-order valence-corrected chi connectivity index (χ4v) is 1.84. The van der Waals surface area contributed by atoms with Gasteiger partial charge in [-0.05, 0) is 39.8 Å². The van der Waals surface area contributed by atoms with E-state index in [1.165, 1.54) is 6.20 Å². The van der Waals surface area contributed by atoms with Crippen LogP contribution in [0.3, 0.4) is 0 Å². The molecule has 0 saturated heterocycles. The first-order valence-electron chi connectivity index (χ1n) is 6.38. The molecular formula is C14H16N4O4. The maximum atomic E-state index is 10.4. The molecule has 0 aliphatic carbocycles. The van der Waals surface area contributed by atoms with Gasteiger partial charge in [0.1, 0.15) is 11.9 Å². The Labute approximate surface area is 127 Å². The van der Waals surface area contributed by atoms with Crippen LogP contribution in [-0.2, 0) is 0 Å². The van der Waals surface area contributed by atoms with Crippen LogP contribution < -0.4 is 0 Å². The van der Waals surface area contributed by atoms with Crippen LogP contribution in [0.25, 0.3) is 0 Å². The van der Waals surface area contributed by atoms with Crippen LogP contribution in [0, 0.1) is 47.9 Å². The van der Waals surface area contributed by atoms with Crippen molar-refractivity contribution in [3.8, 4) is 0 Å². The number of nitrogens with zero attached hydrogens (tertiary/aromatic N) is 4. The second-order valence-corrected chi connectivity index (χ2v) is 4.69. The Balaban J connectivity index is 0.000000220. The maximum absolute atomic E-state index is 10.4. The zero-order chi connectivity index (χ0) is 16.9. The number of pyridine rings is 2. The zero-order valence-electron chi connectivity index (χ0n) is 12.7. The number of hydrogen-bond donors (Lipinski definition) is 0. The van der Waals surface area contributed by atoms with E-state index in [2.05, 4.69) is 9.97 Å². The van der Waals surface area contributed by atoms with Gasteiger partial charge in [0.15, 0.2) is 0 Å². The van der Waals surface area contributed by atoms with Crippen LogP contribution in [0.15, 0.2) is 24.5 Å². The predicted molar refractivity (Wildman–Crippen MR) is 80.7 cm³/mol. The van der Waals surface area contributed by atoms with Crippen LogP contribution in [0.1, 0.15) is 22.5 Å². The third-order valence-electron chi connectivity index (χ3n) is 2.91. The van der Waals surface area contributed by atoms with Gasteiger partial charge in [-0.15, -0.1) is 0 Å². The first-order chi connectivity index (χ1) is 10.2. The van der Waals surface area contributed by atoms with E-state index in [4.69, 9.17) is 0 Å². The molecule has 0 unspecified atom stereocenters. The molecule has 0 aromatic carbocycles. The summed E-state index contributed by atoms with van der Waals surface area (Å²) in [5.74, 6) is 0. The Kier molecular flexibility index (Phi) is 5.62. The Morgan fingerprint density at radius 2 is 1.59 bits per heavy atom. The molecule has 0 aliphatic heterocycles. The minimum absolute atomic E-state index is 0.0793. The molecule has 0 aliphatic rings. The number of nitro groups is 2. The van der Waals surface area contributed by atoms with Gasteiger partial charge in [-0.2, -0.15) is 0 Å². The van der Waals surface area contributed by atoms with Crippen molar-refractivity contribution in [2.75, 3.05) is 0 Å². The molecule has 8 heteroatoms. The average molecular weight is 304 g/mol. The lowest BCUT2D eigenvalue weighted by atomic mass is 10.2. The summed E-state index contributed by atoms with van der Waals surface area (Å²) in [6.45, 7) is 6.83. The Morgan fingerprint density at radius 1 is 0.955 bits per heavy atom. The SMILES string of the molecule is Cc1cc(C)c([N+](=O)[O-])cn1.Cc1ccnc(C)c1[N+](=O)[O-]. The van der Waals surface area contributed by atoms with Crippen LogP contribution in [-0.4, -0.2) is 19.8 Å². The van der Waals surface area contributed by atoms with Gasteiger partial charge in [0.25, 0.3) is 11.4 Å². The first-order valence-corrected chi connectivity index (χ1v) is 6.38. The van der Waals surface area contributed by atoms with E-state index >= 15 is 0 Å². The van der Waals surface area contributed by atoms with E-state index in [9.17, 15) is 20.2 Å². The lowest BCUT2D eigenvalue weighted by Crippen LogP contribution is -1.96. The highest BCUT2D eigenvalue weighted by molar-refractivity contribution is 5.41. The highest BCUT2D eigenvalue weighted by Crippen LogP contribution is 2.19. The van der Waals surface area contributed by atoms with Crippen molar-refractivity contribution in [3.05, 3.63) is 67.3 Å². The van der Waals surface area contributed by atoms with Crippen LogP contribution in [0.4, 0.5) is 11.4 Å². The molecule has 2 aromatic rings. The molecule has 0 amide bonds. The van der Waals surface area contributed by atoms with E-state index in [0.29, 0.717) is 16.8 Å². The monoisotopic (exact) mass is 304 g/mol. The van der Waals surface area contributed by atoms with Gasteiger partial charge in [-0.1, -0.05) is 0 Å². The minimum atomic E-state index is -0.429. The molecule has 0 fully saturated rings. The van der Waals surface area contributed by atoms with Crippen LogP contribution in [0.5, 0.6) is 0 Å². The number of aromatic nitrogens is 2. The summed E-state index contributed by atoms with van der Waals surface area (Å²) in [6, 6.07) is 3.32. The van der Waals surface area contributed by atoms with Crippen LogP contribution in [0.2, 0.25) is 0 Å². The smallest absolute Gasteiger partial charge is 0.258 e. The van der Waals surface area contributed by atoms with Crippen molar-refractivity contribution in [1.82, 2.24) is 9.97 Å². The summed E-state index contributed by atoms with van der Waals surface area (Å²) >= 11 is 0. The maximum Gasteiger partial charge on any atom is 0.293 e. The summed E-state index contributed by atoms with van der Waals surface area (Å²) < 4.78 is 0. The lowest BCUT2D eigenvalue weighted by Gasteiger charge is -1.97.